The van der Waals surface area contributed by atoms with E-state index in [2.05, 4.69) is 4.98 Å². The molecule has 1 aromatic carbocycles. The van der Waals surface area contributed by atoms with Crippen LogP contribution in [0.25, 0.3) is 11.1 Å². The van der Waals surface area contributed by atoms with Crippen LogP contribution in [0.4, 0.5) is 0 Å². The molecule has 0 aliphatic carbocycles. The van der Waals surface area contributed by atoms with Crippen molar-refractivity contribution in [3.05, 3.63) is 23.8 Å². The minimum absolute atomic E-state index is 0.135. The molecule has 0 radical (unpaired) electrons. The molecule has 0 spiro atoms. The van der Waals surface area contributed by atoms with Crippen molar-refractivity contribution in [2.75, 3.05) is 12.4 Å². The number of aromatic carboxylic acids is 1. The minimum atomic E-state index is -0.988. The fourth-order valence-electron chi connectivity index (χ4n) is 1.32. The lowest BCUT2D eigenvalue weighted by molar-refractivity contribution is 0.0697. The Balaban J connectivity index is 2.21. The van der Waals surface area contributed by atoms with Gasteiger partial charge in [0.25, 0.3) is 5.22 Å². The number of fused-ring (bicyclic) bond motifs is 1. The van der Waals surface area contributed by atoms with Crippen molar-refractivity contribution < 1.29 is 19.4 Å². The van der Waals surface area contributed by atoms with E-state index in [-0.39, 0.29) is 12.2 Å². The van der Waals surface area contributed by atoms with Crippen molar-refractivity contribution in [1.29, 1.82) is 0 Å². The van der Waals surface area contributed by atoms with E-state index in [0.29, 0.717) is 22.7 Å². The number of oxazole rings is 1. The molecule has 2 N–H and O–H groups in total. The van der Waals surface area contributed by atoms with Crippen LogP contribution < -0.4 is 0 Å². The van der Waals surface area contributed by atoms with Gasteiger partial charge in [0, 0.05) is 12.4 Å². The number of carbonyl (C=O) groups is 1. The topological polar surface area (TPSA) is 83.6 Å². The van der Waals surface area contributed by atoms with Gasteiger partial charge in [0.15, 0.2) is 5.58 Å². The van der Waals surface area contributed by atoms with E-state index in [1.165, 1.54) is 23.9 Å². The molecule has 90 valence electrons. The lowest BCUT2D eigenvalue weighted by Crippen LogP contribution is -1.94. The van der Waals surface area contributed by atoms with E-state index in [1.54, 1.807) is 6.07 Å². The highest BCUT2D eigenvalue weighted by Gasteiger charge is 2.09. The zero-order valence-electron chi connectivity index (χ0n) is 8.92. The Morgan fingerprint density at radius 2 is 2.29 bits per heavy atom. The summed E-state index contributed by atoms with van der Waals surface area (Å²) in [5, 5.41) is 18.0. The average molecular weight is 253 g/mol. The van der Waals surface area contributed by atoms with Crippen molar-refractivity contribution in [2.24, 2.45) is 0 Å². The quantitative estimate of drug-likeness (QED) is 0.626. The van der Waals surface area contributed by atoms with E-state index < -0.39 is 5.97 Å². The van der Waals surface area contributed by atoms with Gasteiger partial charge in [0.2, 0.25) is 0 Å². The molecule has 6 heteroatoms. The highest BCUT2D eigenvalue weighted by Crippen LogP contribution is 2.24. The van der Waals surface area contributed by atoms with E-state index in [1.807, 2.05) is 0 Å². The zero-order chi connectivity index (χ0) is 12.3. The highest BCUT2D eigenvalue weighted by molar-refractivity contribution is 7.99. The Hall–Kier alpha value is -1.53. The molecule has 0 fully saturated rings. The summed E-state index contributed by atoms with van der Waals surface area (Å²) in [4.78, 5) is 15.0. The minimum Gasteiger partial charge on any atom is -0.478 e. The molecule has 2 rings (SSSR count). The maximum Gasteiger partial charge on any atom is 0.335 e. The Kier molecular flexibility index (Phi) is 3.65. The molecule has 2 aromatic rings. The molecule has 0 atom stereocenters. The molecule has 0 saturated heterocycles. The van der Waals surface area contributed by atoms with Gasteiger partial charge in [-0.1, -0.05) is 11.8 Å². The summed E-state index contributed by atoms with van der Waals surface area (Å²) in [7, 11) is 0. The summed E-state index contributed by atoms with van der Waals surface area (Å²) in [5.74, 6) is -0.271. The fraction of sp³-hybridized carbons (Fsp3) is 0.273. The second-order valence-corrected chi connectivity index (χ2v) is 4.44. The lowest BCUT2D eigenvalue weighted by atomic mass is 10.2. The monoisotopic (exact) mass is 253 g/mol. The Morgan fingerprint density at radius 3 is 3.00 bits per heavy atom. The van der Waals surface area contributed by atoms with Gasteiger partial charge in [-0.05, 0) is 24.6 Å². The molecule has 0 amide bonds. The molecule has 17 heavy (non-hydrogen) atoms. The largest absolute Gasteiger partial charge is 0.478 e. The molecule has 0 saturated carbocycles. The Morgan fingerprint density at radius 1 is 1.47 bits per heavy atom. The number of nitrogens with zero attached hydrogens (tertiary/aromatic N) is 1. The normalized spacial score (nSPS) is 10.9. The number of carboxylic acids is 1. The predicted molar refractivity (Wildman–Crippen MR) is 63.4 cm³/mol. The second kappa shape index (κ2) is 5.20. The van der Waals surface area contributed by atoms with Crippen molar-refractivity contribution >= 4 is 28.8 Å². The van der Waals surface area contributed by atoms with Crippen molar-refractivity contribution in [3.63, 3.8) is 0 Å². The molecule has 1 aromatic heterocycles. The number of aromatic nitrogens is 1. The van der Waals surface area contributed by atoms with Crippen LogP contribution >= 0.6 is 11.8 Å². The first-order valence-corrected chi connectivity index (χ1v) is 6.07. The molecule has 5 nitrogen and oxygen atoms in total. The van der Waals surface area contributed by atoms with Crippen LogP contribution in [0.1, 0.15) is 16.8 Å². The number of hydrogen-bond donors (Lipinski definition) is 2. The van der Waals surface area contributed by atoms with Crippen molar-refractivity contribution in [2.45, 2.75) is 11.6 Å². The smallest absolute Gasteiger partial charge is 0.335 e. The standard InChI is InChI=1S/C11H11NO4S/c13-4-1-5-17-11-12-8-3-2-7(10(14)15)6-9(8)16-11/h2-3,6,13H,1,4-5H2,(H,14,15). The van der Waals surface area contributed by atoms with Gasteiger partial charge in [-0.25, -0.2) is 9.78 Å². The SMILES string of the molecule is O=C(O)c1ccc2nc(SCCCO)oc2c1. The van der Waals surface area contributed by atoms with Gasteiger partial charge in [0.1, 0.15) is 5.52 Å². The zero-order valence-corrected chi connectivity index (χ0v) is 9.74. The summed E-state index contributed by atoms with van der Waals surface area (Å²) in [6.07, 6.45) is 0.670. The maximum atomic E-state index is 10.8. The fourth-order valence-corrected chi connectivity index (χ4v) is 2.08. The number of aliphatic hydroxyl groups excluding tert-OH is 1. The van der Waals surface area contributed by atoms with E-state index in [0.717, 1.165) is 5.75 Å². The van der Waals surface area contributed by atoms with Gasteiger partial charge >= 0.3 is 5.97 Å². The molecule has 0 unspecified atom stereocenters. The van der Waals surface area contributed by atoms with Crippen LogP contribution in [0, 0.1) is 0 Å². The molecule has 0 aliphatic rings. The molecule has 0 aliphatic heterocycles. The van der Waals surface area contributed by atoms with E-state index in [9.17, 15) is 4.79 Å². The predicted octanol–water partition coefficient (Wildman–Crippen LogP) is 2.00. The highest BCUT2D eigenvalue weighted by atomic mass is 32.2. The van der Waals surface area contributed by atoms with E-state index in [4.69, 9.17) is 14.6 Å². The number of rotatable bonds is 5. The number of thioether (sulfide) groups is 1. The summed E-state index contributed by atoms with van der Waals surface area (Å²) in [6.45, 7) is 0.135. The van der Waals surface area contributed by atoms with Crippen LogP contribution in [0.15, 0.2) is 27.8 Å². The van der Waals surface area contributed by atoms with Gasteiger partial charge in [0.05, 0.1) is 5.56 Å². The van der Waals surface area contributed by atoms with Crippen LogP contribution in [0.3, 0.4) is 0 Å². The number of aliphatic hydroxyl groups is 1. The van der Waals surface area contributed by atoms with Gasteiger partial charge in [-0.15, -0.1) is 0 Å². The maximum absolute atomic E-state index is 10.8. The summed E-state index contributed by atoms with van der Waals surface area (Å²) < 4.78 is 5.41. The van der Waals surface area contributed by atoms with E-state index >= 15 is 0 Å². The number of hydrogen-bond acceptors (Lipinski definition) is 5. The molecular formula is C11H11NO4S. The van der Waals surface area contributed by atoms with Gasteiger partial charge in [-0.3, -0.25) is 0 Å². The first-order valence-electron chi connectivity index (χ1n) is 5.08. The molecular weight excluding hydrogens is 242 g/mol. The lowest BCUT2D eigenvalue weighted by Gasteiger charge is -1.92. The first-order chi connectivity index (χ1) is 8.20. The van der Waals surface area contributed by atoms with Crippen LogP contribution in [-0.2, 0) is 0 Å². The van der Waals surface area contributed by atoms with Gasteiger partial charge in [-0.2, -0.15) is 0 Å². The van der Waals surface area contributed by atoms with Crippen molar-refractivity contribution in [1.82, 2.24) is 4.98 Å². The Labute approximate surface area is 101 Å². The molecule has 0 bridgehead atoms. The van der Waals surface area contributed by atoms with Gasteiger partial charge < -0.3 is 14.6 Å². The third kappa shape index (κ3) is 2.78. The number of benzene rings is 1. The van der Waals surface area contributed by atoms with Crippen LogP contribution in [0.2, 0.25) is 0 Å². The number of carboxylic acid groups (broad SMARTS) is 1. The van der Waals surface area contributed by atoms with Crippen molar-refractivity contribution in [3.8, 4) is 0 Å². The van der Waals surface area contributed by atoms with Crippen LogP contribution in [-0.4, -0.2) is 33.5 Å². The third-order valence-electron chi connectivity index (χ3n) is 2.14. The second-order valence-electron chi connectivity index (χ2n) is 3.39. The first kappa shape index (κ1) is 11.9. The van der Waals surface area contributed by atoms with Crippen LogP contribution in [0.5, 0.6) is 0 Å². The Bertz CT molecular complexity index is 537. The summed E-state index contributed by atoms with van der Waals surface area (Å²) >= 11 is 1.40. The summed E-state index contributed by atoms with van der Waals surface area (Å²) in [5.41, 5.74) is 1.29. The third-order valence-corrected chi connectivity index (χ3v) is 3.06. The summed E-state index contributed by atoms with van der Waals surface area (Å²) in [6, 6.07) is 4.58. The molecule has 1 heterocycles. The average Bonchev–Trinajstić information content (AvgIpc) is 2.70.